The molecule has 0 N–H and O–H groups in total. The van der Waals surface area contributed by atoms with Gasteiger partial charge in [-0.05, 0) is 0 Å². The summed E-state index contributed by atoms with van der Waals surface area (Å²) >= 11 is 20.0. The average molecular weight is 293 g/mol. The van der Waals surface area contributed by atoms with Crippen LogP contribution in [-0.4, -0.2) is 0 Å². The van der Waals surface area contributed by atoms with E-state index in [2.05, 4.69) is 13.1 Å². The van der Waals surface area contributed by atoms with Crippen molar-refractivity contribution in [2.45, 2.75) is 0 Å². The lowest BCUT2D eigenvalue weighted by atomic mass is 11.2. The molecule has 2 nitrogen and oxygen atoms in total. The van der Waals surface area contributed by atoms with Crippen LogP contribution in [0, 0.1) is 23.7 Å². The van der Waals surface area contributed by atoms with Crippen molar-refractivity contribution in [2.75, 3.05) is 0 Å². The molecular weight excluding hydrogens is 289 g/mol. The Bertz CT molecular complexity index is 115. The fourth-order valence-corrected chi connectivity index (χ4v) is 0. The minimum Gasteiger partial charge on any atom is -0.202 e. The van der Waals surface area contributed by atoms with E-state index in [1.165, 1.54) is 0 Å². The van der Waals surface area contributed by atoms with Crippen LogP contribution in [0.2, 0.25) is 0 Å². The van der Waals surface area contributed by atoms with Gasteiger partial charge in [-0.25, -0.2) is 10.5 Å². The summed E-state index contributed by atoms with van der Waals surface area (Å²) in [4.78, 5) is 0. The molecule has 8 heteroatoms. The fraction of sp³-hybridized carbons (Fsp3) is 0. The molecule has 0 fully saturated rings. The molecule has 0 heterocycles. The summed E-state index contributed by atoms with van der Waals surface area (Å²) in [6.45, 7) is 7.00. The summed E-state index contributed by atoms with van der Waals surface area (Å²) in [6, 6.07) is 0. The summed E-state index contributed by atoms with van der Waals surface area (Å²) in [7, 11) is 0. The maximum Gasteiger partial charge on any atom is 0.136 e. The van der Waals surface area contributed by atoms with Crippen molar-refractivity contribution in [3.8, 4) is 13.1 Å². The monoisotopic (exact) mass is 290 g/mol. The van der Waals surface area contributed by atoms with Crippen molar-refractivity contribution in [1.29, 1.82) is 10.5 Å². The van der Waals surface area contributed by atoms with Crippen LogP contribution in [0.25, 0.3) is 0 Å². The van der Waals surface area contributed by atoms with Crippen LogP contribution in [-0.2, 0) is 0 Å². The van der Waals surface area contributed by atoms with E-state index in [9.17, 15) is 0 Å². The highest BCUT2D eigenvalue weighted by atomic mass is 35.5. The maximum absolute atomic E-state index is 6.50. The van der Waals surface area contributed by atoms with E-state index in [4.69, 9.17) is 56.9 Å². The Balaban J connectivity index is -0.0000000241. The second-order valence-electron chi connectivity index (χ2n) is 0.521. The molecule has 0 aromatic carbocycles. The zero-order valence-corrected chi connectivity index (χ0v) is 10.0. The van der Waals surface area contributed by atoms with Crippen LogP contribution in [0.1, 0.15) is 0 Å². The predicted molar refractivity (Wildman–Crippen MR) is 58.3 cm³/mol. The van der Waals surface area contributed by atoms with E-state index in [1.54, 1.807) is 0 Å². The van der Waals surface area contributed by atoms with Gasteiger partial charge in [0.1, 0.15) is 8.98 Å². The Morgan fingerprint density at radius 3 is 0.750 bits per heavy atom. The van der Waals surface area contributed by atoms with Gasteiger partial charge in [0.2, 0.25) is 0 Å². The number of hydrogen-bond donors (Lipinski definition) is 0. The molecule has 0 amide bonds. The third kappa shape index (κ3) is 47.1. The molecule has 0 bridgehead atoms. The summed E-state index contributed by atoms with van der Waals surface area (Å²) in [5.74, 6) is 0. The highest BCUT2D eigenvalue weighted by Gasteiger charge is 1.88. The third-order valence-electron chi connectivity index (χ3n) is 0.143. The summed E-state index contributed by atoms with van der Waals surface area (Å²) in [5, 5.41) is 13.0. The molecule has 0 aromatic rings. The zero-order valence-electron chi connectivity index (χ0n) is 5.38. The molecule has 0 aliphatic heterocycles. The first kappa shape index (κ1) is 29.4. The summed E-state index contributed by atoms with van der Waals surface area (Å²) in [6.07, 6.45) is 0. The van der Waals surface area contributed by atoms with Crippen molar-refractivity contribution in [2.24, 2.45) is 0 Å². The van der Waals surface area contributed by atoms with Gasteiger partial charge in [-0.2, -0.15) is 0 Å². The third-order valence-corrected chi connectivity index (χ3v) is 1.29. The van der Waals surface area contributed by atoms with E-state index < -0.39 is 0 Å². The minimum atomic E-state index is -0.0988. The molecule has 0 aliphatic carbocycles. The van der Waals surface area contributed by atoms with Crippen molar-refractivity contribution in [3.05, 3.63) is 8.98 Å². The second-order valence-corrected chi connectivity index (χ2v) is 2.42. The van der Waals surface area contributed by atoms with E-state index in [1.807, 2.05) is 0 Å². The number of halogens is 6. The lowest BCUT2D eigenvalue weighted by molar-refractivity contribution is 1.58. The van der Waals surface area contributed by atoms with Gasteiger partial charge < -0.3 is 0 Å². The van der Waals surface area contributed by atoms with Crippen LogP contribution in [0.4, 0.5) is 0 Å². The lowest BCUT2D eigenvalue weighted by Crippen LogP contribution is -1.47. The normalized spacial score (nSPS) is 4.33. The van der Waals surface area contributed by atoms with Gasteiger partial charge in [-0.3, -0.25) is 0 Å². The van der Waals surface area contributed by atoms with E-state index >= 15 is 0 Å². The molecule has 0 unspecified atom stereocenters. The highest BCUT2D eigenvalue weighted by Crippen LogP contribution is 2.20. The molecule has 0 aliphatic rings. The highest BCUT2D eigenvalue weighted by molar-refractivity contribution is 6.67. The number of rotatable bonds is 0. The molecule has 0 saturated heterocycles. The van der Waals surface area contributed by atoms with Crippen molar-refractivity contribution < 1.29 is 0 Å². The molecular formula is C4H4Cl6N2. The smallest absolute Gasteiger partial charge is 0.136 e. The molecule has 0 rings (SSSR count). The van der Waals surface area contributed by atoms with Crippen LogP contribution in [0.5, 0.6) is 0 Å². The zero-order chi connectivity index (χ0) is 9.15. The second kappa shape index (κ2) is 30.0. The minimum absolute atomic E-state index is 0. The van der Waals surface area contributed by atoms with E-state index in [-0.39, 0.29) is 33.8 Å². The van der Waals surface area contributed by atoms with Gasteiger partial charge in [0, 0.05) is 13.1 Å². The molecule has 0 aromatic heterocycles. The largest absolute Gasteiger partial charge is 0.202 e. The van der Waals surface area contributed by atoms with Crippen molar-refractivity contribution in [3.63, 3.8) is 0 Å². The van der Waals surface area contributed by atoms with E-state index in [0.29, 0.717) is 0 Å². The Morgan fingerprint density at radius 1 is 0.667 bits per heavy atom. The standard InChI is InChI=1S/C2Cl4.2CHN.2ClH/c3-1(4)2(5)6;2*1-2;;/h;2*1H;2*1H. The topological polar surface area (TPSA) is 47.6 Å². The SMILES string of the molecule is C#N.C#N.Cl.Cl.ClC(Cl)=C(Cl)Cl. The first-order valence-electron chi connectivity index (χ1n) is 1.52. The van der Waals surface area contributed by atoms with Gasteiger partial charge in [-0.15, -0.1) is 24.8 Å². The Morgan fingerprint density at radius 2 is 0.750 bits per heavy atom. The van der Waals surface area contributed by atoms with Crippen molar-refractivity contribution in [1.82, 2.24) is 0 Å². The average Bonchev–Trinajstić information content (AvgIpc) is 1.96. The van der Waals surface area contributed by atoms with Crippen LogP contribution in [0.15, 0.2) is 8.98 Å². The molecule has 0 atom stereocenters. The molecule has 0 spiro atoms. The first-order valence-corrected chi connectivity index (χ1v) is 3.03. The first-order chi connectivity index (χ1) is 4.64. The number of nitriles is 2. The van der Waals surface area contributed by atoms with Crippen LogP contribution >= 0.6 is 71.2 Å². The fourth-order valence-electron chi connectivity index (χ4n) is 0. The molecule has 12 heavy (non-hydrogen) atoms. The van der Waals surface area contributed by atoms with Gasteiger partial charge in [0.15, 0.2) is 0 Å². The van der Waals surface area contributed by atoms with Crippen LogP contribution < -0.4 is 0 Å². The van der Waals surface area contributed by atoms with E-state index in [0.717, 1.165) is 0 Å². The molecule has 72 valence electrons. The quantitative estimate of drug-likeness (QED) is 0.672. The summed E-state index contributed by atoms with van der Waals surface area (Å²) in [5.41, 5.74) is 0. The number of hydrogen-bond acceptors (Lipinski definition) is 2. The van der Waals surface area contributed by atoms with Crippen LogP contribution in [0.3, 0.4) is 0 Å². The van der Waals surface area contributed by atoms with Gasteiger partial charge in [0.05, 0.1) is 0 Å². The summed E-state index contributed by atoms with van der Waals surface area (Å²) < 4.78 is -0.198. The van der Waals surface area contributed by atoms with Crippen molar-refractivity contribution >= 4 is 71.2 Å². The van der Waals surface area contributed by atoms with Gasteiger partial charge >= 0.3 is 0 Å². The number of nitrogens with zero attached hydrogens (tertiary/aromatic N) is 2. The lowest BCUT2D eigenvalue weighted by Gasteiger charge is -1.75. The molecule has 0 radical (unpaired) electrons. The Labute approximate surface area is 103 Å². The van der Waals surface area contributed by atoms with Gasteiger partial charge in [0.25, 0.3) is 0 Å². The predicted octanol–water partition coefficient (Wildman–Crippen LogP) is 4.19. The molecule has 0 saturated carbocycles. The Hall–Kier alpha value is 0.460. The Kier molecular flexibility index (Phi) is 73.6. The maximum atomic E-state index is 6.50. The van der Waals surface area contributed by atoms with Gasteiger partial charge in [-0.1, -0.05) is 46.4 Å².